The van der Waals surface area contributed by atoms with Crippen molar-refractivity contribution in [3.63, 3.8) is 0 Å². The number of carbonyl (C=O) groups excluding carboxylic acids is 2. The van der Waals surface area contributed by atoms with Gasteiger partial charge in [0.25, 0.3) is 5.91 Å². The zero-order chi connectivity index (χ0) is 20.1. The maximum atomic E-state index is 12.9. The van der Waals surface area contributed by atoms with Crippen LogP contribution in [-0.2, 0) is 16.6 Å². The van der Waals surface area contributed by atoms with Crippen molar-refractivity contribution in [3.05, 3.63) is 83.1 Å². The molecule has 1 amide bonds. The number of aromatic nitrogens is 1. The van der Waals surface area contributed by atoms with Crippen LogP contribution in [-0.4, -0.2) is 23.6 Å². The van der Waals surface area contributed by atoms with Gasteiger partial charge >= 0.3 is 5.97 Å². The number of ether oxygens (including phenoxy) is 2. The Morgan fingerprint density at radius 1 is 1.07 bits per heavy atom. The van der Waals surface area contributed by atoms with Gasteiger partial charge in [-0.25, -0.2) is 4.79 Å². The van der Waals surface area contributed by atoms with Crippen molar-refractivity contribution in [2.24, 2.45) is 7.05 Å². The molecule has 0 aliphatic carbocycles. The first-order chi connectivity index (χ1) is 13.5. The molecule has 0 aliphatic heterocycles. The minimum Gasteiger partial charge on any atom is -0.495 e. The molecule has 1 aromatic heterocycles. The van der Waals surface area contributed by atoms with Gasteiger partial charge in [0.2, 0.25) is 6.10 Å². The van der Waals surface area contributed by atoms with Crippen molar-refractivity contribution in [2.75, 3.05) is 12.4 Å². The maximum Gasteiger partial charge on any atom is 0.356 e. The van der Waals surface area contributed by atoms with E-state index in [-0.39, 0.29) is 0 Å². The fraction of sp³-hybridized carbons (Fsp3) is 0.143. The highest BCUT2D eigenvalue weighted by Crippen LogP contribution is 2.28. The molecule has 0 unspecified atom stereocenters. The Labute approximate surface area is 167 Å². The summed E-state index contributed by atoms with van der Waals surface area (Å²) in [7, 11) is 3.24. The van der Waals surface area contributed by atoms with Gasteiger partial charge in [-0.15, -0.1) is 0 Å². The minimum atomic E-state index is -1.12. The summed E-state index contributed by atoms with van der Waals surface area (Å²) in [6.07, 6.45) is 0.609. The summed E-state index contributed by atoms with van der Waals surface area (Å²) in [5.41, 5.74) is 1.37. The van der Waals surface area contributed by atoms with Crippen molar-refractivity contribution in [1.29, 1.82) is 0 Å². The summed E-state index contributed by atoms with van der Waals surface area (Å²) < 4.78 is 12.3. The quantitative estimate of drug-likeness (QED) is 0.631. The fourth-order valence-corrected chi connectivity index (χ4v) is 2.95. The summed E-state index contributed by atoms with van der Waals surface area (Å²) in [6.45, 7) is 0. The third-order valence-electron chi connectivity index (χ3n) is 4.14. The average Bonchev–Trinajstić information content (AvgIpc) is 3.12. The lowest BCUT2D eigenvalue weighted by Gasteiger charge is -2.18. The van der Waals surface area contributed by atoms with Gasteiger partial charge in [0.15, 0.2) is 0 Å². The van der Waals surface area contributed by atoms with Crippen LogP contribution < -0.4 is 10.1 Å². The Hall–Kier alpha value is -3.25. The molecule has 144 valence electrons. The van der Waals surface area contributed by atoms with E-state index in [2.05, 4.69) is 5.32 Å². The SMILES string of the molecule is COc1ccc(NC(=O)[C@H](OC(=O)c2cccn2C)c2ccccc2)cc1Cl. The number of aryl methyl sites for hydroxylation is 1. The zero-order valence-corrected chi connectivity index (χ0v) is 16.1. The highest BCUT2D eigenvalue weighted by atomic mass is 35.5. The van der Waals surface area contributed by atoms with E-state index in [1.807, 2.05) is 6.07 Å². The first kappa shape index (κ1) is 19.5. The maximum absolute atomic E-state index is 12.9. The van der Waals surface area contributed by atoms with E-state index in [1.54, 1.807) is 72.4 Å². The topological polar surface area (TPSA) is 69.6 Å². The van der Waals surface area contributed by atoms with Crippen LogP contribution in [0.15, 0.2) is 66.9 Å². The fourth-order valence-electron chi connectivity index (χ4n) is 2.69. The lowest BCUT2D eigenvalue weighted by atomic mass is 10.1. The molecule has 0 radical (unpaired) electrons. The first-order valence-corrected chi connectivity index (χ1v) is 8.89. The van der Waals surface area contributed by atoms with Crippen molar-refractivity contribution in [2.45, 2.75) is 6.10 Å². The van der Waals surface area contributed by atoms with Gasteiger partial charge in [0.1, 0.15) is 11.4 Å². The number of methoxy groups -OCH3 is 1. The van der Waals surface area contributed by atoms with Gasteiger partial charge < -0.3 is 19.4 Å². The number of esters is 1. The Kier molecular flexibility index (Phi) is 6.01. The van der Waals surface area contributed by atoms with Crippen LogP contribution >= 0.6 is 11.6 Å². The number of anilines is 1. The standard InChI is InChI=1S/C21H19ClN2O4/c1-24-12-6-9-17(24)21(26)28-19(14-7-4-3-5-8-14)20(25)23-15-10-11-18(27-2)16(22)13-15/h3-13,19H,1-2H3,(H,23,25)/t19-/m1/s1. The van der Waals surface area contributed by atoms with Crippen LogP contribution in [0.3, 0.4) is 0 Å². The van der Waals surface area contributed by atoms with Gasteiger partial charge in [-0.3, -0.25) is 4.79 Å². The molecule has 0 saturated heterocycles. The number of carbonyl (C=O) groups is 2. The van der Waals surface area contributed by atoms with Gasteiger partial charge in [0, 0.05) is 24.5 Å². The molecule has 0 saturated carbocycles. The molecule has 7 heteroatoms. The van der Waals surface area contributed by atoms with Crippen LogP contribution in [0.4, 0.5) is 5.69 Å². The van der Waals surface area contributed by atoms with Crippen molar-refractivity contribution < 1.29 is 19.1 Å². The van der Waals surface area contributed by atoms with E-state index >= 15 is 0 Å². The molecule has 1 heterocycles. The van der Waals surface area contributed by atoms with E-state index < -0.39 is 18.0 Å². The number of amides is 1. The molecule has 0 aliphatic rings. The van der Waals surface area contributed by atoms with Crippen molar-refractivity contribution >= 4 is 29.2 Å². The summed E-state index contributed by atoms with van der Waals surface area (Å²) in [4.78, 5) is 25.4. The van der Waals surface area contributed by atoms with Crippen LogP contribution in [0.25, 0.3) is 0 Å². The predicted octanol–water partition coefficient (Wildman–Crippen LogP) is 4.22. The van der Waals surface area contributed by atoms with E-state index in [0.29, 0.717) is 27.7 Å². The highest BCUT2D eigenvalue weighted by molar-refractivity contribution is 6.32. The number of nitrogens with zero attached hydrogens (tertiary/aromatic N) is 1. The summed E-state index contributed by atoms with van der Waals surface area (Å²) in [6, 6.07) is 17.0. The number of rotatable bonds is 6. The second kappa shape index (κ2) is 8.63. The number of benzene rings is 2. The van der Waals surface area contributed by atoms with E-state index in [1.165, 1.54) is 7.11 Å². The van der Waals surface area contributed by atoms with Crippen LogP contribution in [0.1, 0.15) is 22.2 Å². The zero-order valence-electron chi connectivity index (χ0n) is 15.4. The predicted molar refractivity (Wildman–Crippen MR) is 107 cm³/mol. The highest BCUT2D eigenvalue weighted by Gasteiger charge is 2.26. The number of nitrogens with one attached hydrogen (secondary N) is 1. The Morgan fingerprint density at radius 2 is 1.82 bits per heavy atom. The van der Waals surface area contributed by atoms with Gasteiger partial charge in [0.05, 0.1) is 12.1 Å². The second-order valence-corrected chi connectivity index (χ2v) is 6.45. The molecule has 2 aromatic carbocycles. The molecular formula is C21H19ClN2O4. The Morgan fingerprint density at radius 3 is 2.43 bits per heavy atom. The first-order valence-electron chi connectivity index (χ1n) is 8.51. The van der Waals surface area contributed by atoms with E-state index in [4.69, 9.17) is 21.1 Å². The molecule has 0 spiro atoms. The van der Waals surface area contributed by atoms with E-state index in [9.17, 15) is 9.59 Å². The lowest BCUT2D eigenvalue weighted by Crippen LogP contribution is -2.26. The van der Waals surface area contributed by atoms with Crippen molar-refractivity contribution in [3.8, 4) is 5.75 Å². The van der Waals surface area contributed by atoms with Gasteiger partial charge in [-0.2, -0.15) is 0 Å². The molecule has 0 fully saturated rings. The molecule has 6 nitrogen and oxygen atoms in total. The molecule has 1 atom stereocenters. The third-order valence-corrected chi connectivity index (χ3v) is 4.43. The smallest absolute Gasteiger partial charge is 0.356 e. The van der Waals surface area contributed by atoms with Crippen LogP contribution in [0, 0.1) is 0 Å². The largest absolute Gasteiger partial charge is 0.495 e. The normalized spacial score (nSPS) is 11.5. The number of hydrogen-bond donors (Lipinski definition) is 1. The lowest BCUT2D eigenvalue weighted by molar-refractivity contribution is -0.125. The van der Waals surface area contributed by atoms with E-state index in [0.717, 1.165) is 0 Å². The molecule has 1 N–H and O–H groups in total. The molecule has 0 bridgehead atoms. The number of hydrogen-bond acceptors (Lipinski definition) is 4. The summed E-state index contributed by atoms with van der Waals surface area (Å²) in [5, 5.41) is 3.09. The van der Waals surface area contributed by atoms with Crippen LogP contribution in [0.2, 0.25) is 5.02 Å². The Bertz CT molecular complexity index is 985. The van der Waals surface area contributed by atoms with Crippen LogP contribution in [0.5, 0.6) is 5.75 Å². The van der Waals surface area contributed by atoms with Gasteiger partial charge in [-0.1, -0.05) is 41.9 Å². The molecule has 28 heavy (non-hydrogen) atoms. The Balaban J connectivity index is 1.84. The monoisotopic (exact) mass is 398 g/mol. The minimum absolute atomic E-state index is 0.348. The molecule has 3 aromatic rings. The number of halogens is 1. The molecular weight excluding hydrogens is 380 g/mol. The molecule has 3 rings (SSSR count). The summed E-state index contributed by atoms with van der Waals surface area (Å²) in [5.74, 6) is -0.589. The van der Waals surface area contributed by atoms with Crippen molar-refractivity contribution in [1.82, 2.24) is 4.57 Å². The van der Waals surface area contributed by atoms with Gasteiger partial charge in [-0.05, 0) is 30.3 Å². The second-order valence-electron chi connectivity index (χ2n) is 6.04. The average molecular weight is 399 g/mol. The third kappa shape index (κ3) is 4.35. The summed E-state index contributed by atoms with van der Waals surface area (Å²) >= 11 is 6.11.